The van der Waals surface area contributed by atoms with Crippen molar-refractivity contribution < 1.29 is 24.9 Å². The molecule has 37 heavy (non-hydrogen) atoms. The number of allylic oxidation sites excluding steroid dienone is 1. The number of carbonyl (C=O) groups excluding carboxylic acids is 1. The number of hydrogen-bond donors (Lipinski definition) is 3. The third-order valence-corrected chi connectivity index (χ3v) is 11.9. The first kappa shape index (κ1) is 25.8. The van der Waals surface area contributed by atoms with Crippen LogP contribution in [0, 0.1) is 28.6 Å². The summed E-state index contributed by atoms with van der Waals surface area (Å²) in [6.07, 6.45) is 18.1. The summed E-state index contributed by atoms with van der Waals surface area (Å²) in [6, 6.07) is 0. The number of rotatable bonds is 5. The van der Waals surface area contributed by atoms with Crippen LogP contribution in [0.4, 0.5) is 0 Å². The maximum absolute atomic E-state index is 12.5. The SMILES string of the molecule is CC12CCC3C(CCC4(O)CC(O)CCC34C=NCCC3=CCCCC3)C1(O)CCC2C1=CC(=O)OC1. The zero-order valence-corrected chi connectivity index (χ0v) is 22.5. The van der Waals surface area contributed by atoms with Gasteiger partial charge in [0.05, 0.1) is 17.3 Å². The first-order valence-electron chi connectivity index (χ1n) is 14.9. The Bertz CT molecular complexity index is 1020. The summed E-state index contributed by atoms with van der Waals surface area (Å²) < 4.78 is 5.26. The van der Waals surface area contributed by atoms with Crippen LogP contribution in [0.5, 0.6) is 0 Å². The highest BCUT2D eigenvalue weighted by atomic mass is 16.5. The first-order chi connectivity index (χ1) is 17.7. The number of carbonyl (C=O) groups is 1. The van der Waals surface area contributed by atoms with Gasteiger partial charge in [-0.15, -0.1) is 0 Å². The van der Waals surface area contributed by atoms with Crippen molar-refractivity contribution in [3.05, 3.63) is 23.3 Å². The molecule has 8 atom stereocenters. The van der Waals surface area contributed by atoms with E-state index in [1.54, 1.807) is 6.08 Å². The van der Waals surface area contributed by atoms with Gasteiger partial charge in [-0.25, -0.2) is 4.79 Å². The Morgan fingerprint density at radius 2 is 1.92 bits per heavy atom. The number of cyclic esters (lactones) is 1. The first-order valence-corrected chi connectivity index (χ1v) is 14.9. The molecule has 6 aliphatic rings. The van der Waals surface area contributed by atoms with Crippen LogP contribution < -0.4 is 0 Å². The van der Waals surface area contributed by atoms with Gasteiger partial charge in [0.15, 0.2) is 0 Å². The Balaban J connectivity index is 1.29. The fourth-order valence-corrected chi connectivity index (χ4v) is 9.93. The van der Waals surface area contributed by atoms with E-state index in [1.807, 2.05) is 0 Å². The lowest BCUT2D eigenvalue weighted by Crippen LogP contribution is -2.68. The fraction of sp³-hybridized carbons (Fsp3) is 0.806. The van der Waals surface area contributed by atoms with Crippen molar-refractivity contribution in [2.45, 2.75) is 114 Å². The van der Waals surface area contributed by atoms with Gasteiger partial charge in [-0.05, 0) is 107 Å². The molecule has 0 aromatic carbocycles. The largest absolute Gasteiger partial charge is 0.458 e. The van der Waals surface area contributed by atoms with Gasteiger partial charge in [-0.1, -0.05) is 18.6 Å². The van der Waals surface area contributed by atoms with Gasteiger partial charge in [0.25, 0.3) is 0 Å². The van der Waals surface area contributed by atoms with Gasteiger partial charge < -0.3 is 20.1 Å². The van der Waals surface area contributed by atoms with Gasteiger partial charge in [-0.2, -0.15) is 0 Å². The minimum Gasteiger partial charge on any atom is -0.458 e. The molecule has 4 fully saturated rings. The lowest BCUT2D eigenvalue weighted by Gasteiger charge is -2.65. The van der Waals surface area contributed by atoms with Crippen LogP contribution in [0.25, 0.3) is 0 Å². The monoisotopic (exact) mass is 511 g/mol. The minimum atomic E-state index is -0.976. The molecule has 3 N–H and O–H groups in total. The Hall–Kier alpha value is -1.50. The highest BCUT2D eigenvalue weighted by Crippen LogP contribution is 2.70. The number of aliphatic hydroxyl groups excluding tert-OH is 1. The predicted octanol–water partition coefficient (Wildman–Crippen LogP) is 4.66. The maximum Gasteiger partial charge on any atom is 0.331 e. The molecule has 1 aliphatic heterocycles. The Kier molecular flexibility index (Phi) is 6.48. The highest BCUT2D eigenvalue weighted by Gasteiger charge is 2.71. The average molecular weight is 512 g/mol. The summed E-state index contributed by atoms with van der Waals surface area (Å²) in [6.45, 7) is 3.33. The Morgan fingerprint density at radius 1 is 1.08 bits per heavy atom. The quantitative estimate of drug-likeness (QED) is 0.283. The zero-order chi connectivity index (χ0) is 25.9. The molecule has 1 heterocycles. The van der Waals surface area contributed by atoms with Crippen LogP contribution in [-0.2, 0) is 9.53 Å². The minimum absolute atomic E-state index is 0.0814. The van der Waals surface area contributed by atoms with Gasteiger partial charge >= 0.3 is 5.97 Å². The Morgan fingerprint density at radius 3 is 2.68 bits per heavy atom. The highest BCUT2D eigenvalue weighted by molar-refractivity contribution is 5.85. The van der Waals surface area contributed by atoms with E-state index in [0.717, 1.165) is 57.1 Å². The van der Waals surface area contributed by atoms with Crippen molar-refractivity contribution in [3.63, 3.8) is 0 Å². The topological polar surface area (TPSA) is 99.4 Å². The van der Waals surface area contributed by atoms with Crippen LogP contribution in [0.15, 0.2) is 28.3 Å². The van der Waals surface area contributed by atoms with Crippen molar-refractivity contribution in [2.75, 3.05) is 13.2 Å². The number of aliphatic imine (C=N–C) groups is 1. The molecular weight excluding hydrogens is 466 g/mol. The summed E-state index contributed by atoms with van der Waals surface area (Å²) in [5.74, 6) is 0.124. The van der Waals surface area contributed by atoms with Crippen LogP contribution in [0.3, 0.4) is 0 Å². The van der Waals surface area contributed by atoms with Crippen LogP contribution >= 0.6 is 0 Å². The molecule has 0 aromatic rings. The van der Waals surface area contributed by atoms with E-state index >= 15 is 0 Å². The third-order valence-electron chi connectivity index (χ3n) is 11.9. The summed E-state index contributed by atoms with van der Waals surface area (Å²) in [5, 5.41) is 35.2. The third kappa shape index (κ3) is 3.91. The molecule has 0 amide bonds. The van der Waals surface area contributed by atoms with Crippen molar-refractivity contribution in [2.24, 2.45) is 33.6 Å². The molecule has 6 rings (SSSR count). The lowest BCUT2D eigenvalue weighted by atomic mass is 9.41. The second kappa shape index (κ2) is 9.31. The number of hydrogen-bond acceptors (Lipinski definition) is 6. The number of esters is 1. The van der Waals surface area contributed by atoms with Crippen molar-refractivity contribution in [3.8, 4) is 0 Å². The van der Waals surface area contributed by atoms with E-state index in [1.165, 1.54) is 31.3 Å². The fourth-order valence-electron chi connectivity index (χ4n) is 9.93. The van der Waals surface area contributed by atoms with Gasteiger partial charge in [0.2, 0.25) is 0 Å². The molecule has 0 spiro atoms. The molecule has 6 heteroatoms. The molecule has 8 unspecified atom stereocenters. The molecule has 4 saturated carbocycles. The number of nitrogens with zero attached hydrogens (tertiary/aromatic N) is 1. The van der Waals surface area contributed by atoms with E-state index in [2.05, 4.69) is 19.2 Å². The predicted molar refractivity (Wildman–Crippen MR) is 142 cm³/mol. The second-order valence-electron chi connectivity index (χ2n) is 13.4. The number of ether oxygens (including phenoxy) is 1. The smallest absolute Gasteiger partial charge is 0.331 e. The van der Waals surface area contributed by atoms with Crippen LogP contribution in [-0.4, -0.2) is 58.0 Å². The van der Waals surface area contributed by atoms with Gasteiger partial charge in [-0.3, -0.25) is 4.99 Å². The second-order valence-corrected chi connectivity index (χ2v) is 13.4. The molecule has 5 aliphatic carbocycles. The average Bonchev–Trinajstić information content (AvgIpc) is 3.42. The van der Waals surface area contributed by atoms with Crippen molar-refractivity contribution in [1.29, 1.82) is 0 Å². The number of aliphatic hydroxyl groups is 3. The summed E-state index contributed by atoms with van der Waals surface area (Å²) in [5.41, 5.74) is -0.0580. The Labute approximate surface area is 221 Å². The zero-order valence-electron chi connectivity index (χ0n) is 22.5. The molecule has 6 nitrogen and oxygen atoms in total. The summed E-state index contributed by atoms with van der Waals surface area (Å²) >= 11 is 0. The molecule has 0 aromatic heterocycles. The molecule has 0 radical (unpaired) electrons. The van der Waals surface area contributed by atoms with Crippen LogP contribution in [0.2, 0.25) is 0 Å². The molecule has 0 bridgehead atoms. The summed E-state index contributed by atoms with van der Waals surface area (Å²) in [7, 11) is 0. The normalized spacial score (nSPS) is 47.6. The molecular formula is C31H45NO5. The van der Waals surface area contributed by atoms with Gasteiger partial charge in [0.1, 0.15) is 6.61 Å². The van der Waals surface area contributed by atoms with Crippen molar-refractivity contribution in [1.82, 2.24) is 0 Å². The van der Waals surface area contributed by atoms with Crippen molar-refractivity contribution >= 4 is 12.2 Å². The standard InChI is InChI=1S/C31H45NO5/c1-28-12-8-25-26(31(28,36)15-10-24(28)22-17-27(34)37-19-22)9-14-30(35)18-23(33)7-13-29(25,30)20-32-16-11-21-5-3-2-4-6-21/h5,17,20,23-26,33,35-36H,2-4,6-16,18-19H2,1H3. The van der Waals surface area contributed by atoms with E-state index in [9.17, 15) is 20.1 Å². The maximum atomic E-state index is 12.5. The molecule has 204 valence electrons. The van der Waals surface area contributed by atoms with Crippen LogP contribution in [0.1, 0.15) is 96.8 Å². The van der Waals surface area contributed by atoms with E-state index in [4.69, 9.17) is 9.73 Å². The van der Waals surface area contributed by atoms with E-state index in [0.29, 0.717) is 25.9 Å². The van der Waals surface area contributed by atoms with E-state index < -0.39 is 22.7 Å². The lowest BCUT2D eigenvalue weighted by molar-refractivity contribution is -0.237. The molecule has 0 saturated heterocycles. The van der Waals surface area contributed by atoms with Gasteiger partial charge in [0, 0.05) is 36.1 Å². The number of fused-ring (bicyclic) bond motifs is 5. The summed E-state index contributed by atoms with van der Waals surface area (Å²) in [4.78, 5) is 16.8. The van der Waals surface area contributed by atoms with E-state index in [-0.39, 0.29) is 29.1 Å².